The first-order valence-electron chi connectivity index (χ1n) is 6.51. The first-order valence-corrected chi connectivity index (χ1v) is 8.69. The number of thioether (sulfide) groups is 1. The number of rotatable bonds is 7. The van der Waals surface area contributed by atoms with Crippen LogP contribution < -0.4 is 5.32 Å². The van der Waals surface area contributed by atoms with Gasteiger partial charge >= 0.3 is 0 Å². The van der Waals surface area contributed by atoms with Crippen LogP contribution in [0.5, 0.6) is 0 Å². The lowest BCUT2D eigenvalue weighted by Crippen LogP contribution is -2.30. The second-order valence-corrected chi connectivity index (χ2v) is 7.21. The molecule has 1 aromatic carbocycles. The summed E-state index contributed by atoms with van der Waals surface area (Å²) in [6, 6.07) is 9.75. The van der Waals surface area contributed by atoms with Crippen molar-refractivity contribution in [1.82, 2.24) is 5.32 Å². The van der Waals surface area contributed by atoms with E-state index in [1.807, 2.05) is 6.07 Å². The van der Waals surface area contributed by atoms with Gasteiger partial charge in [-0.25, -0.2) is 4.39 Å². The highest BCUT2D eigenvalue weighted by atomic mass is 35.5. The van der Waals surface area contributed by atoms with Gasteiger partial charge in [-0.3, -0.25) is 4.79 Å². The number of nitrogens with one attached hydrogen (secondary N) is 1. The second-order valence-electron chi connectivity index (χ2n) is 4.41. The zero-order valence-electron chi connectivity index (χ0n) is 11.8. The molecule has 0 fully saturated rings. The molecule has 118 valence electrons. The summed E-state index contributed by atoms with van der Waals surface area (Å²) in [7, 11) is 1.59. The van der Waals surface area contributed by atoms with E-state index >= 15 is 0 Å². The van der Waals surface area contributed by atoms with Gasteiger partial charge in [0.05, 0.1) is 10.1 Å². The molecule has 0 bridgehead atoms. The van der Waals surface area contributed by atoms with Crippen molar-refractivity contribution in [2.75, 3.05) is 19.4 Å². The molecule has 1 heterocycles. The van der Waals surface area contributed by atoms with Crippen LogP contribution in [0.15, 0.2) is 41.3 Å². The minimum Gasteiger partial charge on any atom is -0.374 e. The number of benzene rings is 1. The summed E-state index contributed by atoms with van der Waals surface area (Å²) in [5.41, 5.74) is 0. The molecule has 2 rings (SSSR count). The van der Waals surface area contributed by atoms with Crippen LogP contribution >= 0.6 is 34.7 Å². The quantitative estimate of drug-likeness (QED) is 0.755. The number of methoxy groups -OCH3 is 1. The predicted octanol–water partition coefficient (Wildman–Crippen LogP) is 4.14. The van der Waals surface area contributed by atoms with Gasteiger partial charge in [-0.1, -0.05) is 11.6 Å². The fourth-order valence-corrected chi connectivity index (χ4v) is 3.61. The van der Waals surface area contributed by atoms with Gasteiger partial charge in [0.2, 0.25) is 5.91 Å². The first kappa shape index (κ1) is 17.3. The van der Waals surface area contributed by atoms with Crippen LogP contribution in [-0.4, -0.2) is 25.3 Å². The normalized spacial score (nSPS) is 12.1. The molecule has 1 N–H and O–H groups in total. The number of halogens is 2. The lowest BCUT2D eigenvalue weighted by molar-refractivity contribution is -0.119. The summed E-state index contributed by atoms with van der Waals surface area (Å²) < 4.78 is 18.8. The molecule has 1 atom stereocenters. The van der Waals surface area contributed by atoms with E-state index in [4.69, 9.17) is 16.3 Å². The van der Waals surface area contributed by atoms with Gasteiger partial charge in [0, 0.05) is 23.4 Å². The van der Waals surface area contributed by atoms with Crippen LogP contribution in [0, 0.1) is 5.82 Å². The van der Waals surface area contributed by atoms with Crippen molar-refractivity contribution in [1.29, 1.82) is 0 Å². The molecule has 0 aliphatic rings. The molecule has 22 heavy (non-hydrogen) atoms. The molecule has 0 aliphatic carbocycles. The third-order valence-corrected chi connectivity index (χ3v) is 5.20. The Hall–Kier alpha value is -1.08. The van der Waals surface area contributed by atoms with Crippen LogP contribution in [0.4, 0.5) is 4.39 Å². The zero-order valence-corrected chi connectivity index (χ0v) is 14.2. The average Bonchev–Trinajstić information content (AvgIpc) is 2.94. The number of ether oxygens (including phenoxy) is 1. The highest BCUT2D eigenvalue weighted by Crippen LogP contribution is 2.28. The van der Waals surface area contributed by atoms with Crippen molar-refractivity contribution in [3.05, 3.63) is 51.4 Å². The highest BCUT2D eigenvalue weighted by molar-refractivity contribution is 8.00. The molecule has 3 nitrogen and oxygen atoms in total. The predicted molar refractivity (Wildman–Crippen MR) is 89.2 cm³/mol. The van der Waals surface area contributed by atoms with Gasteiger partial charge in [-0.05, 0) is 36.4 Å². The first-order chi connectivity index (χ1) is 10.6. The molecule has 0 unspecified atom stereocenters. The summed E-state index contributed by atoms with van der Waals surface area (Å²) in [5.74, 6) is -0.113. The van der Waals surface area contributed by atoms with Gasteiger partial charge in [0.1, 0.15) is 11.9 Å². The Balaban J connectivity index is 1.78. The minimum absolute atomic E-state index is 0.0981. The van der Waals surface area contributed by atoms with Crippen molar-refractivity contribution in [3.8, 4) is 0 Å². The molecule has 1 aromatic heterocycles. The Morgan fingerprint density at radius 2 is 2.09 bits per heavy atom. The van der Waals surface area contributed by atoms with E-state index in [2.05, 4.69) is 5.32 Å². The molecular formula is C15H15ClFNO2S2. The largest absolute Gasteiger partial charge is 0.374 e. The molecule has 0 aliphatic heterocycles. The molecule has 0 saturated heterocycles. The van der Waals surface area contributed by atoms with Gasteiger partial charge in [-0.2, -0.15) is 0 Å². The van der Waals surface area contributed by atoms with E-state index in [1.165, 1.54) is 35.2 Å². The van der Waals surface area contributed by atoms with E-state index in [-0.39, 0.29) is 23.6 Å². The molecule has 1 amide bonds. The zero-order chi connectivity index (χ0) is 15.9. The molecule has 2 aromatic rings. The number of thiophene rings is 1. The van der Waals surface area contributed by atoms with Gasteiger partial charge < -0.3 is 10.1 Å². The third-order valence-electron chi connectivity index (χ3n) is 2.86. The van der Waals surface area contributed by atoms with Crippen molar-refractivity contribution < 1.29 is 13.9 Å². The van der Waals surface area contributed by atoms with E-state index in [0.29, 0.717) is 10.9 Å². The number of amides is 1. The Bertz CT molecular complexity index is 618. The Morgan fingerprint density at radius 1 is 1.36 bits per heavy atom. The maximum Gasteiger partial charge on any atom is 0.230 e. The van der Waals surface area contributed by atoms with E-state index < -0.39 is 0 Å². The number of carbonyl (C=O) groups excluding carboxylic acids is 1. The van der Waals surface area contributed by atoms with Crippen molar-refractivity contribution >= 4 is 40.6 Å². The SMILES string of the molecule is CO[C@@H](CNC(=O)CSc1ccc(F)cc1)c1ccc(Cl)s1. The fraction of sp³-hybridized carbons (Fsp3) is 0.267. The van der Waals surface area contributed by atoms with Crippen LogP contribution in [0.1, 0.15) is 11.0 Å². The lowest BCUT2D eigenvalue weighted by atomic mass is 10.3. The van der Waals surface area contributed by atoms with Gasteiger partial charge in [0.15, 0.2) is 0 Å². The monoisotopic (exact) mass is 359 g/mol. The summed E-state index contributed by atoms with van der Waals surface area (Å²) in [6.07, 6.45) is -0.211. The Morgan fingerprint density at radius 3 is 2.68 bits per heavy atom. The molecular weight excluding hydrogens is 345 g/mol. The van der Waals surface area contributed by atoms with Crippen LogP contribution in [0.2, 0.25) is 4.34 Å². The van der Waals surface area contributed by atoms with E-state index in [9.17, 15) is 9.18 Å². The van der Waals surface area contributed by atoms with Crippen molar-refractivity contribution in [3.63, 3.8) is 0 Å². The Labute approximate surface area is 141 Å². The molecule has 0 saturated carbocycles. The van der Waals surface area contributed by atoms with E-state index in [0.717, 1.165) is 9.77 Å². The van der Waals surface area contributed by atoms with Gasteiger partial charge in [0.25, 0.3) is 0 Å². The van der Waals surface area contributed by atoms with Gasteiger partial charge in [-0.15, -0.1) is 23.1 Å². The maximum absolute atomic E-state index is 12.8. The lowest BCUT2D eigenvalue weighted by Gasteiger charge is -2.14. The summed E-state index contributed by atoms with van der Waals surface area (Å²) in [6.45, 7) is 0.385. The third kappa shape index (κ3) is 5.28. The molecule has 0 spiro atoms. The topological polar surface area (TPSA) is 38.3 Å². The molecule has 0 radical (unpaired) electrons. The smallest absolute Gasteiger partial charge is 0.230 e. The standard InChI is InChI=1S/C15H15ClFNO2S2/c1-20-12(13-6-7-14(16)22-13)8-18-15(19)9-21-11-4-2-10(17)3-5-11/h2-7,12H,8-9H2,1H3,(H,18,19)/t12-/m0/s1. The minimum atomic E-state index is -0.286. The van der Waals surface area contributed by atoms with E-state index in [1.54, 1.807) is 25.3 Å². The number of hydrogen-bond acceptors (Lipinski definition) is 4. The second kappa shape index (κ2) is 8.53. The summed E-state index contributed by atoms with van der Waals surface area (Å²) in [4.78, 5) is 13.7. The summed E-state index contributed by atoms with van der Waals surface area (Å²) >= 11 is 8.69. The maximum atomic E-state index is 12.8. The van der Waals surface area contributed by atoms with Crippen LogP contribution in [-0.2, 0) is 9.53 Å². The Kier molecular flexibility index (Phi) is 6.70. The fourth-order valence-electron chi connectivity index (χ4n) is 1.74. The van der Waals surface area contributed by atoms with Crippen LogP contribution in [0.25, 0.3) is 0 Å². The average molecular weight is 360 g/mol. The highest BCUT2D eigenvalue weighted by Gasteiger charge is 2.14. The molecule has 7 heteroatoms. The number of hydrogen-bond donors (Lipinski definition) is 1. The number of carbonyl (C=O) groups is 1. The van der Waals surface area contributed by atoms with Crippen molar-refractivity contribution in [2.24, 2.45) is 0 Å². The van der Waals surface area contributed by atoms with Crippen molar-refractivity contribution in [2.45, 2.75) is 11.0 Å². The summed E-state index contributed by atoms with van der Waals surface area (Å²) in [5, 5.41) is 2.83. The van der Waals surface area contributed by atoms with Crippen LogP contribution in [0.3, 0.4) is 0 Å².